The Balaban J connectivity index is 1.39. The minimum Gasteiger partial charge on any atom is -0.379 e. The summed E-state index contributed by atoms with van der Waals surface area (Å²) in [5, 5.41) is 17.9. The van der Waals surface area contributed by atoms with Crippen molar-refractivity contribution >= 4 is 23.2 Å². The van der Waals surface area contributed by atoms with Gasteiger partial charge >= 0.3 is 0 Å². The monoisotopic (exact) mass is 430 g/mol. The van der Waals surface area contributed by atoms with Crippen molar-refractivity contribution in [2.75, 3.05) is 5.32 Å². The zero-order valence-electron chi connectivity index (χ0n) is 17.4. The molecule has 8 nitrogen and oxygen atoms in total. The van der Waals surface area contributed by atoms with Crippen LogP contribution in [-0.4, -0.2) is 31.9 Å². The van der Waals surface area contributed by atoms with Gasteiger partial charge in [-0.05, 0) is 47.6 Å². The predicted molar refractivity (Wildman–Crippen MR) is 114 cm³/mol. The van der Waals surface area contributed by atoms with Crippen LogP contribution in [0.2, 0.25) is 5.02 Å². The molecule has 0 aromatic carbocycles. The van der Waals surface area contributed by atoms with Gasteiger partial charge in [-0.15, -0.1) is 0 Å². The van der Waals surface area contributed by atoms with E-state index >= 15 is 0 Å². The quantitative estimate of drug-likeness (QED) is 0.730. The number of rotatable bonds is 6. The van der Waals surface area contributed by atoms with Crippen molar-refractivity contribution in [3.05, 3.63) is 45.6 Å². The number of nitrogens with zero attached hydrogens (tertiary/aromatic N) is 4. The van der Waals surface area contributed by atoms with Crippen LogP contribution in [0.1, 0.15) is 39.2 Å². The van der Waals surface area contributed by atoms with Crippen LogP contribution in [0.15, 0.2) is 29.5 Å². The highest BCUT2D eigenvalue weighted by molar-refractivity contribution is 6.32. The third-order valence-electron chi connectivity index (χ3n) is 7.11. The van der Waals surface area contributed by atoms with Gasteiger partial charge in [-0.1, -0.05) is 32.4 Å². The van der Waals surface area contributed by atoms with E-state index < -0.39 is 5.56 Å². The van der Waals surface area contributed by atoms with Crippen molar-refractivity contribution in [1.82, 2.24) is 25.3 Å². The van der Waals surface area contributed by atoms with E-state index in [0.717, 1.165) is 16.7 Å². The molecular formula is C21H27ClN6O2. The number of hydrogen-bond donors (Lipinski definition) is 2. The summed E-state index contributed by atoms with van der Waals surface area (Å²) in [5.74, 6) is 1.54. The lowest BCUT2D eigenvalue weighted by Crippen LogP contribution is -2.58. The molecule has 2 heterocycles. The number of fused-ring (bicyclic) bond motifs is 2. The molecule has 9 heteroatoms. The molecule has 0 spiro atoms. The normalized spacial score (nSPS) is 26.5. The molecule has 3 aliphatic rings. The number of anilines is 1. The van der Waals surface area contributed by atoms with Crippen molar-refractivity contribution in [2.45, 2.75) is 52.7 Å². The highest BCUT2D eigenvalue weighted by Crippen LogP contribution is 2.61. The first kappa shape index (κ1) is 20.8. The zero-order valence-corrected chi connectivity index (χ0v) is 18.2. The average molecular weight is 431 g/mol. The van der Waals surface area contributed by atoms with E-state index in [1.807, 2.05) is 0 Å². The fourth-order valence-corrected chi connectivity index (χ4v) is 5.23. The van der Waals surface area contributed by atoms with Crippen molar-refractivity contribution in [1.29, 1.82) is 0 Å². The fraction of sp³-hybridized carbons (Fsp3) is 0.571. The molecule has 0 unspecified atom stereocenters. The topological polar surface area (TPSA) is 102 Å². The fourth-order valence-electron chi connectivity index (χ4n) is 5.03. The summed E-state index contributed by atoms with van der Waals surface area (Å²) in [5.41, 5.74) is 1.27. The molecule has 2 aromatic rings. The van der Waals surface area contributed by atoms with Crippen LogP contribution < -0.4 is 16.2 Å². The van der Waals surface area contributed by atoms with Gasteiger partial charge < -0.3 is 10.6 Å². The first-order chi connectivity index (χ1) is 14.3. The maximum atomic E-state index is 12.6. The molecule has 5 rings (SSSR count). The molecule has 3 fully saturated rings. The summed E-state index contributed by atoms with van der Waals surface area (Å²) in [6.45, 7) is 7.07. The molecule has 0 radical (unpaired) electrons. The van der Waals surface area contributed by atoms with Gasteiger partial charge in [0.2, 0.25) is 5.91 Å². The van der Waals surface area contributed by atoms with Crippen molar-refractivity contribution in [3.8, 4) is 0 Å². The Morgan fingerprint density at radius 1 is 1.30 bits per heavy atom. The molecule has 0 aliphatic heterocycles. The Kier molecular flexibility index (Phi) is 5.53. The molecule has 1 amide bonds. The minimum absolute atomic E-state index is 0.0711. The third-order valence-corrected chi connectivity index (χ3v) is 7.47. The van der Waals surface area contributed by atoms with Crippen LogP contribution >= 0.6 is 11.6 Å². The standard InChI is InChI=1S/C21H27ClN6O2/c1-12-15-6-14(21(15,2)3)7-16(12)27-17-10-26-28(20(30)19(17)22)11-18(29)23-8-13-4-5-24-25-9-13/h4-5,9-10,12,14-16,27H,6-8,11H2,1-3H3,(H,23,29)/t12-,14-,15+,16-/m1/s1. The number of nitrogens with one attached hydrogen (secondary N) is 2. The predicted octanol–water partition coefficient (Wildman–Crippen LogP) is 2.49. The van der Waals surface area contributed by atoms with Gasteiger partial charge in [0, 0.05) is 18.8 Å². The summed E-state index contributed by atoms with van der Waals surface area (Å²) in [7, 11) is 0. The summed E-state index contributed by atoms with van der Waals surface area (Å²) >= 11 is 6.34. The molecule has 2 aromatic heterocycles. The number of amides is 1. The van der Waals surface area contributed by atoms with E-state index in [-0.39, 0.29) is 23.5 Å². The summed E-state index contributed by atoms with van der Waals surface area (Å²) in [6, 6.07) is 2.03. The maximum absolute atomic E-state index is 12.6. The van der Waals surface area contributed by atoms with E-state index in [9.17, 15) is 9.59 Å². The Bertz CT molecular complexity index is 993. The van der Waals surface area contributed by atoms with Gasteiger partial charge in [0.15, 0.2) is 0 Å². The second kappa shape index (κ2) is 7.98. The lowest BCUT2D eigenvalue weighted by molar-refractivity contribution is -0.122. The number of carbonyl (C=O) groups is 1. The highest BCUT2D eigenvalue weighted by Gasteiger charge is 2.56. The molecule has 0 saturated heterocycles. The number of hydrogen-bond acceptors (Lipinski definition) is 6. The van der Waals surface area contributed by atoms with Gasteiger partial charge in [-0.25, -0.2) is 4.68 Å². The molecule has 2 N–H and O–H groups in total. The van der Waals surface area contributed by atoms with E-state index in [0.29, 0.717) is 35.4 Å². The van der Waals surface area contributed by atoms with Crippen molar-refractivity contribution in [3.63, 3.8) is 0 Å². The molecule has 160 valence electrons. The second-order valence-electron chi connectivity index (χ2n) is 9.07. The first-order valence-electron chi connectivity index (χ1n) is 10.3. The zero-order chi connectivity index (χ0) is 21.5. The number of halogens is 1. The number of aromatic nitrogens is 4. The average Bonchev–Trinajstić information content (AvgIpc) is 2.73. The summed E-state index contributed by atoms with van der Waals surface area (Å²) in [6.07, 6.45) is 7.01. The Hall–Kier alpha value is -2.48. The van der Waals surface area contributed by atoms with Crippen molar-refractivity contribution < 1.29 is 4.79 Å². The molecule has 2 bridgehead atoms. The lowest BCUT2D eigenvalue weighted by Gasteiger charge is -2.62. The van der Waals surface area contributed by atoms with Crippen LogP contribution in [0.25, 0.3) is 0 Å². The second-order valence-corrected chi connectivity index (χ2v) is 9.45. The van der Waals surface area contributed by atoms with Crippen molar-refractivity contribution in [2.24, 2.45) is 23.2 Å². The van der Waals surface area contributed by atoms with E-state index in [1.165, 1.54) is 6.42 Å². The minimum atomic E-state index is -0.476. The van der Waals surface area contributed by atoms with Crippen LogP contribution in [-0.2, 0) is 17.9 Å². The van der Waals surface area contributed by atoms with E-state index in [1.54, 1.807) is 24.7 Å². The number of carbonyl (C=O) groups excluding carboxylic acids is 1. The van der Waals surface area contributed by atoms with Gasteiger partial charge in [-0.2, -0.15) is 15.3 Å². The molecule has 3 aliphatic carbocycles. The van der Waals surface area contributed by atoms with Crippen LogP contribution in [0, 0.1) is 23.2 Å². The third kappa shape index (κ3) is 3.80. The van der Waals surface area contributed by atoms with Gasteiger partial charge in [0.25, 0.3) is 5.56 Å². The van der Waals surface area contributed by atoms with Crippen LogP contribution in [0.4, 0.5) is 5.69 Å². The van der Waals surface area contributed by atoms with Crippen LogP contribution in [0.3, 0.4) is 0 Å². The lowest BCUT2D eigenvalue weighted by atomic mass is 9.45. The molecular weight excluding hydrogens is 404 g/mol. The summed E-state index contributed by atoms with van der Waals surface area (Å²) < 4.78 is 1.08. The largest absolute Gasteiger partial charge is 0.379 e. The van der Waals surface area contributed by atoms with E-state index in [2.05, 4.69) is 46.7 Å². The molecule has 30 heavy (non-hydrogen) atoms. The van der Waals surface area contributed by atoms with Gasteiger partial charge in [0.1, 0.15) is 11.6 Å². The van der Waals surface area contributed by atoms with Gasteiger partial charge in [0.05, 0.1) is 18.1 Å². The smallest absolute Gasteiger partial charge is 0.288 e. The van der Waals surface area contributed by atoms with Gasteiger partial charge in [-0.3, -0.25) is 9.59 Å². The first-order valence-corrected chi connectivity index (χ1v) is 10.7. The Morgan fingerprint density at radius 3 is 2.77 bits per heavy atom. The molecule has 4 atom stereocenters. The van der Waals surface area contributed by atoms with Crippen LogP contribution in [0.5, 0.6) is 0 Å². The van der Waals surface area contributed by atoms with E-state index in [4.69, 9.17) is 11.6 Å². The maximum Gasteiger partial charge on any atom is 0.288 e. The Morgan fingerprint density at radius 2 is 2.10 bits per heavy atom. The summed E-state index contributed by atoms with van der Waals surface area (Å²) in [4.78, 5) is 24.8. The SMILES string of the molecule is C[C@H]1[C@H](Nc2cnn(CC(=O)NCc3ccnnc3)c(=O)c2Cl)C[C@H]2C[C@@H]1C2(C)C. The highest BCUT2D eigenvalue weighted by atomic mass is 35.5. The Labute approximate surface area is 180 Å². The molecule has 3 saturated carbocycles.